The molecule has 5 nitrogen and oxygen atoms in total. The molecule has 1 heterocycles. The molecule has 0 spiro atoms. The highest BCUT2D eigenvalue weighted by Gasteiger charge is 2.32. The van der Waals surface area contributed by atoms with E-state index in [2.05, 4.69) is 69.6 Å². The van der Waals surface area contributed by atoms with Gasteiger partial charge in [-0.3, -0.25) is 4.79 Å². The number of fused-ring (bicyclic) bond motifs is 1. The Morgan fingerprint density at radius 3 is 2.67 bits per heavy atom. The van der Waals surface area contributed by atoms with Crippen molar-refractivity contribution in [2.45, 2.75) is 64.1 Å². The van der Waals surface area contributed by atoms with Crippen molar-refractivity contribution in [1.29, 1.82) is 0 Å². The maximum absolute atomic E-state index is 12.6. The normalized spacial score (nSPS) is 15.9. The van der Waals surface area contributed by atoms with Crippen LogP contribution in [0.3, 0.4) is 0 Å². The highest BCUT2D eigenvalue weighted by Crippen LogP contribution is 2.32. The molecule has 1 N–H and O–H groups in total. The van der Waals surface area contributed by atoms with E-state index in [0.717, 1.165) is 47.1 Å². The molecule has 3 aromatic rings. The van der Waals surface area contributed by atoms with E-state index in [4.69, 9.17) is 0 Å². The Morgan fingerprint density at radius 2 is 1.90 bits per heavy atom. The SMILES string of the molecule is CCCC(=O)N(Cc1cccc(-c2ccc3ncnc(NC4CC4)c3c2)c1)C1CC1. The molecule has 5 heteroatoms. The maximum Gasteiger partial charge on any atom is 0.223 e. The standard InChI is InChI=1S/C25H28N4O/c1-2-4-24(30)29(21-10-11-21)15-17-5-3-6-18(13-17)19-7-12-23-22(14-19)25(27-16-26-23)28-20-8-9-20/h3,5-7,12-14,16,20-21H,2,4,8-11,15H2,1H3,(H,26,27,28). The zero-order valence-electron chi connectivity index (χ0n) is 17.5. The molecule has 0 unspecified atom stereocenters. The first-order chi connectivity index (χ1) is 14.7. The van der Waals surface area contributed by atoms with Crippen LogP contribution in [0.15, 0.2) is 48.8 Å². The van der Waals surface area contributed by atoms with Crippen molar-refractivity contribution >= 4 is 22.6 Å². The second-order valence-electron chi connectivity index (χ2n) is 8.58. The molecular formula is C25H28N4O. The fourth-order valence-electron chi connectivity index (χ4n) is 3.98. The van der Waals surface area contributed by atoms with Gasteiger partial charge in [-0.05, 0) is 67.0 Å². The van der Waals surface area contributed by atoms with Crippen LogP contribution in [0.5, 0.6) is 0 Å². The van der Waals surface area contributed by atoms with E-state index in [1.807, 2.05) is 0 Å². The topological polar surface area (TPSA) is 58.1 Å². The van der Waals surface area contributed by atoms with Crippen molar-refractivity contribution in [3.63, 3.8) is 0 Å². The highest BCUT2D eigenvalue weighted by atomic mass is 16.2. The Bertz CT molecular complexity index is 1070. The van der Waals surface area contributed by atoms with Gasteiger partial charge < -0.3 is 10.2 Å². The van der Waals surface area contributed by atoms with E-state index >= 15 is 0 Å². The van der Waals surface area contributed by atoms with Gasteiger partial charge in [0.25, 0.3) is 0 Å². The lowest BCUT2D eigenvalue weighted by atomic mass is 10.0. The minimum absolute atomic E-state index is 0.282. The summed E-state index contributed by atoms with van der Waals surface area (Å²) in [6.07, 6.45) is 7.86. The van der Waals surface area contributed by atoms with E-state index in [0.29, 0.717) is 25.0 Å². The van der Waals surface area contributed by atoms with Crippen molar-refractivity contribution in [2.75, 3.05) is 5.32 Å². The summed E-state index contributed by atoms with van der Waals surface area (Å²) in [7, 11) is 0. The van der Waals surface area contributed by atoms with E-state index in [9.17, 15) is 4.79 Å². The predicted octanol–water partition coefficient (Wildman–Crippen LogP) is 5.16. The van der Waals surface area contributed by atoms with Crippen LogP contribution < -0.4 is 5.32 Å². The molecule has 0 saturated heterocycles. The van der Waals surface area contributed by atoms with Gasteiger partial charge in [0, 0.05) is 30.4 Å². The average molecular weight is 401 g/mol. The number of benzene rings is 2. The summed E-state index contributed by atoms with van der Waals surface area (Å²) in [4.78, 5) is 23.5. The number of amides is 1. The minimum atomic E-state index is 0.282. The largest absolute Gasteiger partial charge is 0.367 e. The van der Waals surface area contributed by atoms with Gasteiger partial charge in [0.2, 0.25) is 5.91 Å². The monoisotopic (exact) mass is 400 g/mol. The number of carbonyl (C=O) groups excluding carboxylic acids is 1. The van der Waals surface area contributed by atoms with Crippen molar-refractivity contribution in [2.24, 2.45) is 0 Å². The third-order valence-corrected chi connectivity index (χ3v) is 5.94. The zero-order valence-corrected chi connectivity index (χ0v) is 17.5. The van der Waals surface area contributed by atoms with Crippen LogP contribution in [0.4, 0.5) is 5.82 Å². The number of nitrogens with one attached hydrogen (secondary N) is 1. The molecule has 1 amide bonds. The molecule has 2 aliphatic rings. The van der Waals surface area contributed by atoms with Gasteiger partial charge >= 0.3 is 0 Å². The van der Waals surface area contributed by atoms with Crippen LogP contribution in [0, 0.1) is 0 Å². The number of hydrogen-bond acceptors (Lipinski definition) is 4. The lowest BCUT2D eigenvalue weighted by Gasteiger charge is -2.23. The Labute approximate surface area is 177 Å². The third-order valence-electron chi connectivity index (χ3n) is 5.94. The summed E-state index contributed by atoms with van der Waals surface area (Å²) >= 11 is 0. The molecular weight excluding hydrogens is 372 g/mol. The van der Waals surface area contributed by atoms with Crippen LogP contribution in [0.2, 0.25) is 0 Å². The molecule has 30 heavy (non-hydrogen) atoms. The summed E-state index contributed by atoms with van der Waals surface area (Å²) in [6.45, 7) is 2.77. The van der Waals surface area contributed by atoms with E-state index in [1.54, 1.807) is 6.33 Å². The van der Waals surface area contributed by atoms with Crippen molar-refractivity contribution in [3.05, 3.63) is 54.4 Å². The van der Waals surface area contributed by atoms with Crippen molar-refractivity contribution < 1.29 is 4.79 Å². The third kappa shape index (κ3) is 4.16. The second kappa shape index (κ2) is 8.05. The van der Waals surface area contributed by atoms with Gasteiger partial charge in [-0.1, -0.05) is 31.2 Å². The first-order valence-corrected chi connectivity index (χ1v) is 11.1. The lowest BCUT2D eigenvalue weighted by molar-refractivity contribution is -0.132. The molecule has 0 bridgehead atoms. The van der Waals surface area contributed by atoms with Gasteiger partial charge in [0.1, 0.15) is 12.1 Å². The van der Waals surface area contributed by atoms with Crippen LogP contribution in [-0.2, 0) is 11.3 Å². The van der Waals surface area contributed by atoms with Gasteiger partial charge in [-0.2, -0.15) is 0 Å². The smallest absolute Gasteiger partial charge is 0.223 e. The average Bonchev–Trinajstić information content (AvgIpc) is 3.67. The molecule has 5 rings (SSSR count). The summed E-state index contributed by atoms with van der Waals surface area (Å²) in [6, 6.07) is 15.9. The second-order valence-corrected chi connectivity index (χ2v) is 8.58. The van der Waals surface area contributed by atoms with Crippen molar-refractivity contribution in [1.82, 2.24) is 14.9 Å². The first-order valence-electron chi connectivity index (χ1n) is 11.1. The molecule has 0 aliphatic heterocycles. The summed E-state index contributed by atoms with van der Waals surface area (Å²) in [5.41, 5.74) is 4.45. The molecule has 0 atom stereocenters. The molecule has 2 aliphatic carbocycles. The van der Waals surface area contributed by atoms with Crippen LogP contribution in [0.25, 0.3) is 22.0 Å². The van der Waals surface area contributed by atoms with E-state index in [-0.39, 0.29) is 5.91 Å². The van der Waals surface area contributed by atoms with E-state index < -0.39 is 0 Å². The lowest BCUT2D eigenvalue weighted by Crippen LogP contribution is -2.32. The molecule has 1 aromatic heterocycles. The molecule has 2 saturated carbocycles. The van der Waals surface area contributed by atoms with Crippen LogP contribution in [0.1, 0.15) is 51.0 Å². The number of anilines is 1. The number of carbonyl (C=O) groups is 1. The first kappa shape index (κ1) is 19.0. The molecule has 154 valence electrons. The summed E-state index contributed by atoms with van der Waals surface area (Å²) < 4.78 is 0. The molecule has 0 radical (unpaired) electrons. The maximum atomic E-state index is 12.6. The van der Waals surface area contributed by atoms with Gasteiger partial charge in [0.05, 0.1) is 5.52 Å². The molecule has 2 aromatic carbocycles. The van der Waals surface area contributed by atoms with Gasteiger partial charge in [-0.25, -0.2) is 9.97 Å². The Hall–Kier alpha value is -2.95. The number of nitrogens with zero attached hydrogens (tertiary/aromatic N) is 3. The quantitative estimate of drug-likeness (QED) is 0.567. The number of hydrogen-bond donors (Lipinski definition) is 1. The van der Waals surface area contributed by atoms with Crippen LogP contribution >= 0.6 is 0 Å². The summed E-state index contributed by atoms with van der Waals surface area (Å²) in [5.74, 6) is 1.20. The number of aromatic nitrogens is 2. The van der Waals surface area contributed by atoms with Crippen LogP contribution in [-0.4, -0.2) is 32.9 Å². The Balaban J connectivity index is 1.43. The highest BCUT2D eigenvalue weighted by molar-refractivity contribution is 5.92. The minimum Gasteiger partial charge on any atom is -0.367 e. The van der Waals surface area contributed by atoms with Gasteiger partial charge in [0.15, 0.2) is 0 Å². The Kier molecular flexibility index (Phi) is 5.11. The molecule has 2 fully saturated rings. The predicted molar refractivity (Wildman–Crippen MR) is 120 cm³/mol. The zero-order chi connectivity index (χ0) is 20.5. The van der Waals surface area contributed by atoms with Gasteiger partial charge in [-0.15, -0.1) is 0 Å². The van der Waals surface area contributed by atoms with Crippen molar-refractivity contribution in [3.8, 4) is 11.1 Å². The fraction of sp³-hybridized carbons (Fsp3) is 0.400. The summed E-state index contributed by atoms with van der Waals surface area (Å²) in [5, 5.41) is 4.58. The fourth-order valence-corrected chi connectivity index (χ4v) is 3.98. The van der Waals surface area contributed by atoms with E-state index in [1.165, 1.54) is 18.4 Å². The Morgan fingerprint density at radius 1 is 1.07 bits per heavy atom. The number of rotatable bonds is 8.